The second-order valence-electron chi connectivity index (χ2n) is 9.13. The van der Waals surface area contributed by atoms with Crippen molar-refractivity contribution >= 4 is 46.7 Å². The van der Waals surface area contributed by atoms with E-state index in [0.717, 1.165) is 50.1 Å². The van der Waals surface area contributed by atoms with Crippen molar-refractivity contribution in [3.05, 3.63) is 86.1 Å². The molecular weight excluding hydrogens is 567 g/mol. The van der Waals surface area contributed by atoms with Gasteiger partial charge in [-0.3, -0.25) is 19.4 Å². The first-order chi connectivity index (χ1) is 19.1. The Morgan fingerprint density at radius 2 is 1.80 bits per heavy atom. The van der Waals surface area contributed by atoms with Crippen molar-refractivity contribution < 1.29 is 27.9 Å². The minimum Gasteiger partial charge on any atom is -0.395 e. The van der Waals surface area contributed by atoms with Crippen LogP contribution in [-0.2, 0) is 12.7 Å². The first kappa shape index (κ1) is 29.7. The van der Waals surface area contributed by atoms with Crippen molar-refractivity contribution in [2.45, 2.75) is 12.7 Å². The Bertz CT molecular complexity index is 1370. The number of hydrogen-bond donors (Lipinski definition) is 3. The molecule has 2 heterocycles. The predicted octanol–water partition coefficient (Wildman–Crippen LogP) is 4.55. The third kappa shape index (κ3) is 7.89. The molecule has 1 aliphatic rings. The van der Waals surface area contributed by atoms with Crippen LogP contribution in [0.4, 0.5) is 18.9 Å². The molecule has 1 saturated heterocycles. The van der Waals surface area contributed by atoms with Crippen molar-refractivity contribution in [2.24, 2.45) is 5.10 Å². The first-order valence-corrected chi connectivity index (χ1v) is 13.7. The summed E-state index contributed by atoms with van der Waals surface area (Å²) < 4.78 is 39.2. The lowest BCUT2D eigenvalue weighted by molar-refractivity contribution is -0.137. The molecule has 4 rings (SSSR count). The van der Waals surface area contributed by atoms with Gasteiger partial charge in [-0.05, 0) is 35.4 Å². The molecule has 0 radical (unpaired) electrons. The number of halogens is 4. The van der Waals surface area contributed by atoms with E-state index in [-0.39, 0.29) is 23.6 Å². The Morgan fingerprint density at radius 1 is 1.05 bits per heavy atom. The summed E-state index contributed by atoms with van der Waals surface area (Å²) in [5.41, 5.74) is 3.25. The molecule has 212 valence electrons. The minimum atomic E-state index is -4.62. The zero-order valence-electron chi connectivity index (χ0n) is 21.2. The van der Waals surface area contributed by atoms with Gasteiger partial charge < -0.3 is 10.4 Å². The standard InChI is InChI=1S/C27H27ClF3N5O3S/c28-23-5-4-18(13-22(23)27(29,30)31)14-32-34-26(39)21-16-40-17-24(21)33-25(38)20-3-1-2-19(12-20)15-36-8-6-35(7-9-36)10-11-37/h1-5,12-14,16-17,37H,6-11,15H2,(H,33,38)(H,34,39)/b32-14+. The Balaban J connectivity index is 1.35. The SMILES string of the molecule is O=C(Nc1cscc1C(=O)N/N=C/c1ccc(Cl)c(C(F)(F)F)c1)c1cccc(CN2CCN(CCO)CC2)c1. The summed E-state index contributed by atoms with van der Waals surface area (Å²) >= 11 is 6.83. The molecule has 0 saturated carbocycles. The molecule has 0 spiro atoms. The zero-order valence-corrected chi connectivity index (χ0v) is 22.8. The summed E-state index contributed by atoms with van der Waals surface area (Å²) in [6.45, 7) is 5.00. The third-order valence-corrected chi connectivity index (χ3v) is 7.38. The number of anilines is 1. The molecule has 0 atom stereocenters. The summed E-state index contributed by atoms with van der Waals surface area (Å²) in [7, 11) is 0. The van der Waals surface area contributed by atoms with Crippen molar-refractivity contribution in [1.82, 2.24) is 15.2 Å². The molecule has 3 N–H and O–H groups in total. The quantitative estimate of drug-likeness (QED) is 0.250. The first-order valence-electron chi connectivity index (χ1n) is 12.4. The zero-order chi connectivity index (χ0) is 28.7. The summed E-state index contributed by atoms with van der Waals surface area (Å²) in [6.07, 6.45) is -3.55. The number of nitrogens with one attached hydrogen (secondary N) is 2. The van der Waals surface area contributed by atoms with Crippen LogP contribution in [0.5, 0.6) is 0 Å². The number of thiophene rings is 1. The lowest BCUT2D eigenvalue weighted by Gasteiger charge is -2.34. The number of carbonyl (C=O) groups is 2. The summed E-state index contributed by atoms with van der Waals surface area (Å²) in [6, 6.07) is 10.5. The highest BCUT2D eigenvalue weighted by molar-refractivity contribution is 7.08. The van der Waals surface area contributed by atoms with Crippen LogP contribution in [0.1, 0.15) is 37.4 Å². The highest BCUT2D eigenvalue weighted by atomic mass is 35.5. The molecule has 1 aromatic heterocycles. The van der Waals surface area contributed by atoms with Crippen LogP contribution >= 0.6 is 22.9 Å². The van der Waals surface area contributed by atoms with E-state index < -0.39 is 22.7 Å². The normalized spacial score (nSPS) is 14.9. The highest BCUT2D eigenvalue weighted by Crippen LogP contribution is 2.34. The van der Waals surface area contributed by atoms with E-state index in [9.17, 15) is 22.8 Å². The molecule has 40 heavy (non-hydrogen) atoms. The number of piperazine rings is 1. The Labute approximate surface area is 238 Å². The number of carbonyl (C=O) groups excluding carboxylic acids is 2. The number of alkyl halides is 3. The molecule has 0 bridgehead atoms. The van der Waals surface area contributed by atoms with Gasteiger partial charge in [0.2, 0.25) is 0 Å². The third-order valence-electron chi connectivity index (χ3n) is 6.31. The molecule has 8 nitrogen and oxygen atoms in total. The van der Waals surface area contributed by atoms with E-state index in [1.54, 1.807) is 11.4 Å². The van der Waals surface area contributed by atoms with Gasteiger partial charge in [-0.1, -0.05) is 29.8 Å². The van der Waals surface area contributed by atoms with E-state index in [1.165, 1.54) is 22.8 Å². The van der Waals surface area contributed by atoms with Gasteiger partial charge >= 0.3 is 6.18 Å². The molecule has 2 aromatic carbocycles. The fraction of sp³-hybridized carbons (Fsp3) is 0.296. The monoisotopic (exact) mass is 593 g/mol. The van der Waals surface area contributed by atoms with Gasteiger partial charge in [0.15, 0.2) is 0 Å². The molecule has 13 heteroatoms. The highest BCUT2D eigenvalue weighted by Gasteiger charge is 2.33. The smallest absolute Gasteiger partial charge is 0.395 e. The van der Waals surface area contributed by atoms with E-state index in [0.29, 0.717) is 24.3 Å². The largest absolute Gasteiger partial charge is 0.417 e. The van der Waals surface area contributed by atoms with Gasteiger partial charge in [0.25, 0.3) is 11.8 Å². The van der Waals surface area contributed by atoms with Gasteiger partial charge in [0.05, 0.1) is 34.7 Å². The molecule has 1 aliphatic heterocycles. The number of amides is 2. The summed E-state index contributed by atoms with van der Waals surface area (Å²) in [4.78, 5) is 30.1. The Morgan fingerprint density at radius 3 is 2.52 bits per heavy atom. The van der Waals surface area contributed by atoms with Crippen LogP contribution in [-0.4, -0.2) is 72.3 Å². The maximum Gasteiger partial charge on any atom is 0.417 e. The van der Waals surface area contributed by atoms with Crippen molar-refractivity contribution in [1.29, 1.82) is 0 Å². The molecule has 1 fully saturated rings. The average Bonchev–Trinajstić information content (AvgIpc) is 3.38. The van der Waals surface area contributed by atoms with Gasteiger partial charge in [0.1, 0.15) is 0 Å². The van der Waals surface area contributed by atoms with Gasteiger partial charge in [0, 0.05) is 55.6 Å². The molecule has 3 aromatic rings. The Kier molecular flexibility index (Phi) is 9.93. The molecule has 0 unspecified atom stereocenters. The number of hydrazone groups is 1. The van der Waals surface area contributed by atoms with E-state index in [2.05, 4.69) is 25.6 Å². The number of hydrogen-bond acceptors (Lipinski definition) is 7. The van der Waals surface area contributed by atoms with Crippen LogP contribution in [0, 0.1) is 0 Å². The van der Waals surface area contributed by atoms with E-state index >= 15 is 0 Å². The summed E-state index contributed by atoms with van der Waals surface area (Å²) in [5.74, 6) is -1.02. The Hall–Kier alpha value is -3.29. The fourth-order valence-electron chi connectivity index (χ4n) is 4.21. The molecule has 0 aliphatic carbocycles. The second kappa shape index (κ2) is 13.4. The van der Waals surface area contributed by atoms with Crippen LogP contribution in [0.2, 0.25) is 5.02 Å². The number of aliphatic hydroxyl groups excluding tert-OH is 1. The molecule has 2 amide bonds. The number of β-amino-alcohol motifs (C(OH)–C–C–N with tert-alkyl or cyclic N) is 1. The average molecular weight is 594 g/mol. The maximum absolute atomic E-state index is 13.1. The lowest BCUT2D eigenvalue weighted by atomic mass is 10.1. The minimum absolute atomic E-state index is 0.0998. The van der Waals surface area contributed by atoms with Gasteiger partial charge in [-0.2, -0.15) is 18.3 Å². The fourth-order valence-corrected chi connectivity index (χ4v) is 5.20. The number of nitrogens with zero attached hydrogens (tertiary/aromatic N) is 3. The number of aliphatic hydroxyl groups is 1. The second-order valence-corrected chi connectivity index (χ2v) is 10.3. The maximum atomic E-state index is 13.1. The number of benzene rings is 2. The van der Waals surface area contributed by atoms with Crippen molar-refractivity contribution in [3.63, 3.8) is 0 Å². The topological polar surface area (TPSA) is 97.3 Å². The number of rotatable bonds is 9. The van der Waals surface area contributed by atoms with Crippen LogP contribution < -0.4 is 10.7 Å². The molecular formula is C27H27ClF3N5O3S. The van der Waals surface area contributed by atoms with E-state index in [4.69, 9.17) is 16.7 Å². The van der Waals surface area contributed by atoms with Crippen molar-refractivity contribution in [3.8, 4) is 0 Å². The van der Waals surface area contributed by atoms with Gasteiger partial charge in [-0.25, -0.2) is 5.43 Å². The van der Waals surface area contributed by atoms with Crippen LogP contribution in [0.3, 0.4) is 0 Å². The van der Waals surface area contributed by atoms with Gasteiger partial charge in [-0.15, -0.1) is 11.3 Å². The summed E-state index contributed by atoms with van der Waals surface area (Å²) in [5, 5.41) is 18.3. The van der Waals surface area contributed by atoms with E-state index in [1.807, 2.05) is 18.2 Å². The lowest BCUT2D eigenvalue weighted by Crippen LogP contribution is -2.46. The van der Waals surface area contributed by atoms with Crippen LogP contribution in [0.25, 0.3) is 0 Å². The van der Waals surface area contributed by atoms with Crippen molar-refractivity contribution in [2.75, 3.05) is 44.6 Å². The van der Waals surface area contributed by atoms with Crippen LogP contribution in [0.15, 0.2) is 58.3 Å². The predicted molar refractivity (Wildman–Crippen MR) is 149 cm³/mol.